The largest absolute Gasteiger partial charge is 0.457 e. The van der Waals surface area contributed by atoms with Gasteiger partial charge < -0.3 is 39.6 Å². The molecular weight excluding hydrogens is 755 g/mol. The van der Waals surface area contributed by atoms with E-state index >= 15 is 0 Å². The Hall–Kier alpha value is -2.92. The van der Waals surface area contributed by atoms with E-state index in [9.17, 15) is 24.6 Å². The molecule has 11 nitrogen and oxygen atoms in total. The number of hydrogen-bond donors (Lipinski definition) is 4. The van der Waals surface area contributed by atoms with Gasteiger partial charge in [-0.1, -0.05) is 158 Å². The average molecular weight is 829 g/mol. The van der Waals surface area contributed by atoms with E-state index in [2.05, 4.69) is 24.5 Å². The molecule has 4 N–H and O–H groups in total. The molecule has 0 radical (unpaired) electrons. The zero-order valence-corrected chi connectivity index (χ0v) is 36.2. The number of esters is 1. The Balaban J connectivity index is 1.58. The molecular formula is C46H73N2O9P. The van der Waals surface area contributed by atoms with Gasteiger partial charge in [0.15, 0.2) is 12.4 Å². The number of benzene rings is 2. The number of carbonyl (C=O) groups excluding carboxylic acids is 3. The standard InChI is InChI=1S/C46H73N2O9P/c1-3-5-7-9-10-11-12-14-24-32-42(52)57-45-43(48-41(51)31-23-17-25-33-47-40(50)30-22-13-8-6-4-2)46(56-39(36-49)44(45)53)54-34-35-55-58(37-26-18-15-19-27-37)38-28-20-16-21-29-38/h15-16,18-21,26-29,39,43-46,49,53H,3-14,17,22-25,30-36H2,1-2H3,(H,47,50)(H,48,51)/t39-,43+,44-,45-,46+/m1/s1. The van der Waals surface area contributed by atoms with E-state index in [4.69, 9.17) is 18.7 Å². The number of hydrogen-bond acceptors (Lipinski definition) is 9. The van der Waals surface area contributed by atoms with Crippen molar-refractivity contribution in [3.63, 3.8) is 0 Å². The van der Waals surface area contributed by atoms with Crippen LogP contribution in [0.3, 0.4) is 0 Å². The number of carbonyl (C=O) groups is 3. The predicted molar refractivity (Wildman–Crippen MR) is 231 cm³/mol. The molecule has 2 aromatic rings. The van der Waals surface area contributed by atoms with Gasteiger partial charge in [-0.25, -0.2) is 0 Å². The number of rotatable bonds is 32. The Bertz CT molecular complexity index is 1330. The van der Waals surface area contributed by atoms with Crippen LogP contribution >= 0.6 is 8.15 Å². The first-order valence-electron chi connectivity index (χ1n) is 22.2. The molecule has 0 unspecified atom stereocenters. The quantitative estimate of drug-likeness (QED) is 0.0334. The Kier molecular flexibility index (Phi) is 26.4. The third kappa shape index (κ3) is 19.9. The smallest absolute Gasteiger partial charge is 0.306 e. The van der Waals surface area contributed by atoms with Crippen LogP contribution in [-0.4, -0.2) is 85.0 Å². The van der Waals surface area contributed by atoms with Gasteiger partial charge in [0.05, 0.1) is 28.0 Å². The van der Waals surface area contributed by atoms with Gasteiger partial charge in [-0.3, -0.25) is 14.4 Å². The van der Waals surface area contributed by atoms with Crippen molar-refractivity contribution in [2.45, 2.75) is 173 Å². The lowest BCUT2D eigenvalue weighted by molar-refractivity contribution is -0.274. The Morgan fingerprint density at radius 2 is 1.19 bits per heavy atom. The minimum absolute atomic E-state index is 0.0675. The second kappa shape index (κ2) is 31.0. The second-order valence-electron chi connectivity index (χ2n) is 15.3. The van der Waals surface area contributed by atoms with Crippen molar-refractivity contribution in [1.82, 2.24) is 10.6 Å². The lowest BCUT2D eigenvalue weighted by Crippen LogP contribution is -2.66. The molecule has 1 saturated heterocycles. The highest BCUT2D eigenvalue weighted by molar-refractivity contribution is 7.68. The minimum atomic E-state index is -1.39. The van der Waals surface area contributed by atoms with Crippen LogP contribution in [0.4, 0.5) is 0 Å². The lowest BCUT2D eigenvalue weighted by Gasteiger charge is -2.43. The minimum Gasteiger partial charge on any atom is -0.457 e. The summed E-state index contributed by atoms with van der Waals surface area (Å²) in [4.78, 5) is 38.7. The molecule has 58 heavy (non-hydrogen) atoms. The molecule has 326 valence electrons. The van der Waals surface area contributed by atoms with Crippen molar-refractivity contribution in [1.29, 1.82) is 0 Å². The Morgan fingerprint density at radius 3 is 1.76 bits per heavy atom. The van der Waals surface area contributed by atoms with E-state index in [1.165, 1.54) is 44.9 Å². The zero-order chi connectivity index (χ0) is 41.6. The van der Waals surface area contributed by atoms with Gasteiger partial charge >= 0.3 is 5.97 Å². The summed E-state index contributed by atoms with van der Waals surface area (Å²) in [6, 6.07) is 18.9. The molecule has 1 fully saturated rings. The third-order valence-electron chi connectivity index (χ3n) is 10.4. The highest BCUT2D eigenvalue weighted by atomic mass is 31.1. The molecule has 2 aromatic carbocycles. The molecule has 2 amide bonds. The number of amides is 2. The van der Waals surface area contributed by atoms with Crippen LogP contribution in [0.5, 0.6) is 0 Å². The molecule has 1 aliphatic heterocycles. The second-order valence-corrected chi connectivity index (χ2v) is 17.2. The maximum Gasteiger partial charge on any atom is 0.306 e. The highest BCUT2D eigenvalue weighted by Crippen LogP contribution is 2.35. The van der Waals surface area contributed by atoms with Gasteiger partial charge in [-0.15, -0.1) is 0 Å². The summed E-state index contributed by atoms with van der Waals surface area (Å²) in [5, 5.41) is 29.5. The van der Waals surface area contributed by atoms with Gasteiger partial charge in [0, 0.05) is 36.4 Å². The van der Waals surface area contributed by atoms with E-state index in [0.29, 0.717) is 25.8 Å². The molecule has 12 heteroatoms. The lowest BCUT2D eigenvalue weighted by atomic mass is 9.96. The van der Waals surface area contributed by atoms with Gasteiger partial charge in [-0.2, -0.15) is 0 Å². The first-order chi connectivity index (χ1) is 28.4. The summed E-state index contributed by atoms with van der Waals surface area (Å²) in [5.41, 5.74) is 0. The first kappa shape index (κ1) is 49.4. The van der Waals surface area contributed by atoms with E-state index in [-0.39, 0.29) is 37.9 Å². The van der Waals surface area contributed by atoms with Crippen molar-refractivity contribution in [3.05, 3.63) is 60.7 Å². The summed E-state index contributed by atoms with van der Waals surface area (Å²) < 4.78 is 24.5. The number of unbranched alkanes of at least 4 members (excludes halogenated alkanes) is 14. The van der Waals surface area contributed by atoms with Crippen LogP contribution in [0.1, 0.15) is 142 Å². The molecule has 0 bridgehead atoms. The number of aliphatic hydroxyl groups is 2. The van der Waals surface area contributed by atoms with E-state index in [0.717, 1.165) is 62.0 Å². The Labute approximate surface area is 349 Å². The highest BCUT2D eigenvalue weighted by Gasteiger charge is 2.48. The topological polar surface area (TPSA) is 153 Å². The molecule has 1 heterocycles. The fourth-order valence-corrected chi connectivity index (χ4v) is 8.80. The van der Waals surface area contributed by atoms with Crippen LogP contribution in [-0.2, 0) is 33.1 Å². The van der Waals surface area contributed by atoms with Crippen LogP contribution in [0.25, 0.3) is 0 Å². The van der Waals surface area contributed by atoms with Crippen LogP contribution in [0, 0.1) is 0 Å². The maximum absolute atomic E-state index is 13.4. The predicted octanol–water partition coefficient (Wildman–Crippen LogP) is 7.50. The molecule has 0 saturated carbocycles. The zero-order valence-electron chi connectivity index (χ0n) is 35.3. The monoisotopic (exact) mass is 829 g/mol. The van der Waals surface area contributed by atoms with Crippen molar-refractivity contribution < 1.29 is 43.3 Å². The van der Waals surface area contributed by atoms with Gasteiger partial charge in [-0.05, 0) is 25.7 Å². The normalized spacial score (nSPS) is 19.2. The maximum atomic E-state index is 13.4. The fourth-order valence-electron chi connectivity index (χ4n) is 7.06. The van der Waals surface area contributed by atoms with Crippen molar-refractivity contribution in [2.24, 2.45) is 0 Å². The van der Waals surface area contributed by atoms with Gasteiger partial charge in [0.25, 0.3) is 0 Å². The van der Waals surface area contributed by atoms with E-state index < -0.39 is 51.4 Å². The number of ether oxygens (including phenoxy) is 3. The van der Waals surface area contributed by atoms with Gasteiger partial charge in [0.1, 0.15) is 18.2 Å². The molecule has 0 spiro atoms. The summed E-state index contributed by atoms with van der Waals surface area (Å²) in [5.74, 6) is -0.718. The Morgan fingerprint density at radius 1 is 0.672 bits per heavy atom. The summed E-state index contributed by atoms with van der Waals surface area (Å²) in [6.07, 6.45) is 13.6. The van der Waals surface area contributed by atoms with Crippen molar-refractivity contribution in [3.8, 4) is 0 Å². The molecule has 1 aliphatic rings. The third-order valence-corrected chi connectivity index (χ3v) is 12.4. The van der Waals surface area contributed by atoms with Crippen molar-refractivity contribution >= 4 is 36.5 Å². The van der Waals surface area contributed by atoms with Crippen LogP contribution in [0.15, 0.2) is 60.7 Å². The fraction of sp³-hybridized carbons (Fsp3) is 0.674. The number of aliphatic hydroxyl groups excluding tert-OH is 2. The SMILES string of the molecule is CCCCCCCCCCCC(=O)O[C@H]1[C@H](O)[C@@H](CO)O[C@H](OCCOP(c2ccccc2)c2ccccc2)[C@H]1NC(=O)CCCCCNC(=O)CCCCCCC. The van der Waals surface area contributed by atoms with Crippen LogP contribution < -0.4 is 21.2 Å². The molecule has 0 aromatic heterocycles. The molecule has 3 rings (SSSR count). The van der Waals surface area contributed by atoms with E-state index in [1.54, 1.807) is 0 Å². The summed E-state index contributed by atoms with van der Waals surface area (Å²) in [7, 11) is -1.14. The summed E-state index contributed by atoms with van der Waals surface area (Å²) >= 11 is 0. The molecule has 5 atom stereocenters. The van der Waals surface area contributed by atoms with Crippen molar-refractivity contribution in [2.75, 3.05) is 26.4 Å². The van der Waals surface area contributed by atoms with E-state index in [1.807, 2.05) is 60.7 Å². The average Bonchev–Trinajstić information content (AvgIpc) is 3.24. The summed E-state index contributed by atoms with van der Waals surface area (Å²) in [6.45, 7) is 4.68. The van der Waals surface area contributed by atoms with Gasteiger partial charge in [0.2, 0.25) is 11.8 Å². The van der Waals surface area contributed by atoms with Crippen LogP contribution in [0.2, 0.25) is 0 Å². The first-order valence-corrected chi connectivity index (χ1v) is 23.5. The molecule has 0 aliphatic carbocycles. The number of nitrogens with one attached hydrogen (secondary N) is 2.